The normalized spacial score (nSPS) is 35.8. The molecule has 0 saturated carbocycles. The summed E-state index contributed by atoms with van der Waals surface area (Å²) in [5, 5.41) is 0. The minimum atomic E-state index is -5.21. The van der Waals surface area contributed by atoms with Gasteiger partial charge in [-0.05, 0) is 17.4 Å². The fourth-order valence-electron chi connectivity index (χ4n) is 5.60. The fourth-order valence-corrected chi connectivity index (χ4v) is 7.96. The van der Waals surface area contributed by atoms with Crippen LogP contribution in [0, 0.1) is 0 Å². The average molecular weight is 732 g/mol. The Kier molecular flexibility index (Phi) is 8.66. The fraction of sp³-hybridized carbons (Fsp3) is 0.400. The van der Waals surface area contributed by atoms with Crippen LogP contribution < -0.4 is 17.0 Å². The second-order valence-corrected chi connectivity index (χ2v) is 15.0. The van der Waals surface area contributed by atoms with Gasteiger partial charge in [-0.2, -0.15) is 0 Å². The molecule has 0 aliphatic carbocycles. The van der Waals surface area contributed by atoms with Crippen LogP contribution in [0.25, 0.3) is 22.3 Å². The summed E-state index contributed by atoms with van der Waals surface area (Å²) in [4.78, 5) is 61.1. The Morgan fingerprint density at radius 2 is 1.67 bits per heavy atom. The lowest BCUT2D eigenvalue weighted by molar-refractivity contribution is -0.0652. The summed E-state index contributed by atoms with van der Waals surface area (Å²) in [6.45, 7) is -6.15. The van der Waals surface area contributed by atoms with E-state index in [9.17, 15) is 23.9 Å². The van der Waals surface area contributed by atoms with Gasteiger partial charge in [0, 0.05) is 6.20 Å². The quantitative estimate of drug-likeness (QED) is 0.217. The van der Waals surface area contributed by atoms with Gasteiger partial charge in [-0.3, -0.25) is 32.5 Å². The van der Waals surface area contributed by atoms with Gasteiger partial charge >= 0.3 is 20.2 Å². The number of benzene rings is 1. The van der Waals surface area contributed by atoms with Crippen molar-refractivity contribution in [3.8, 4) is 11.1 Å². The predicted molar refractivity (Wildman–Crippen MR) is 162 cm³/mol. The maximum Gasteiger partial charge on any atom is 0.472 e. The molecule has 3 aliphatic heterocycles. The zero-order chi connectivity index (χ0) is 34.0. The standard InChI is InChI=1S/C25H25F2N7O11P2S/c26-15-13-7-41-47(39,48)45-18-14(43-23(16(18)27)33-6-12(22(35)32-25(33)36)11-4-2-1-3-5-11)8-40-46(37,38)44-19(15)24(42-13)34-10-31-17-20(28)29-9-30-21(17)34/h1-6,9-10,13-16,18-19,23-24H,7-8H2,(H,37,38)(H,39,48)(H2,28,29,30)(H,32,35,36)/t13-,14-,15-,16?,18-,19-,23-,24-,47?/m1/s1. The van der Waals surface area contributed by atoms with E-state index in [1.807, 2.05) is 0 Å². The summed E-state index contributed by atoms with van der Waals surface area (Å²) in [6, 6.07) is 8.19. The summed E-state index contributed by atoms with van der Waals surface area (Å²) in [5.41, 5.74) is 4.65. The third-order valence-electron chi connectivity index (χ3n) is 7.83. The average Bonchev–Trinajstić information content (AvgIpc) is 3.70. The smallest absolute Gasteiger partial charge is 0.382 e. The van der Waals surface area contributed by atoms with Gasteiger partial charge in [0.05, 0.1) is 25.1 Å². The zero-order valence-electron chi connectivity index (χ0n) is 24.1. The number of fused-ring (bicyclic) bond motifs is 4. The van der Waals surface area contributed by atoms with E-state index < -0.39 is 88.2 Å². The molecule has 3 saturated heterocycles. The molecule has 7 rings (SSSR count). The highest BCUT2D eigenvalue weighted by Crippen LogP contribution is 2.54. The number of phosphoric ester groups is 1. The summed E-state index contributed by atoms with van der Waals surface area (Å²) in [5.74, 6) is -0.00155. The van der Waals surface area contributed by atoms with E-state index in [1.54, 1.807) is 30.3 Å². The van der Waals surface area contributed by atoms with E-state index in [0.717, 1.165) is 17.1 Å². The van der Waals surface area contributed by atoms with Crippen LogP contribution in [-0.2, 0) is 43.9 Å². The number of aromatic nitrogens is 6. The number of phosphoric acid groups is 1. The van der Waals surface area contributed by atoms with Crippen molar-refractivity contribution in [3.63, 3.8) is 0 Å². The van der Waals surface area contributed by atoms with E-state index in [4.69, 9.17) is 45.1 Å². The maximum atomic E-state index is 16.1. The first-order valence-corrected chi connectivity index (χ1v) is 18.1. The van der Waals surface area contributed by atoms with Crippen LogP contribution in [0.2, 0.25) is 0 Å². The summed E-state index contributed by atoms with van der Waals surface area (Å²) < 4.78 is 79.7. The topological polar surface area (TPSA) is 237 Å². The monoisotopic (exact) mass is 731 g/mol. The predicted octanol–water partition coefficient (Wildman–Crippen LogP) is 1.23. The number of nitrogens with one attached hydrogen (secondary N) is 1. The van der Waals surface area contributed by atoms with E-state index in [1.165, 1.54) is 10.9 Å². The van der Waals surface area contributed by atoms with Gasteiger partial charge in [0.1, 0.15) is 36.3 Å². The number of hydrogen-bond donors (Lipinski definition) is 4. The number of halogens is 2. The molecule has 3 aromatic heterocycles. The Balaban J connectivity index is 1.20. The number of nitrogens with two attached hydrogens (primary N) is 1. The second-order valence-electron chi connectivity index (χ2n) is 10.8. The van der Waals surface area contributed by atoms with Gasteiger partial charge in [-0.1, -0.05) is 30.3 Å². The molecule has 5 N–H and O–H groups in total. The maximum absolute atomic E-state index is 16.1. The molecule has 18 nitrogen and oxygen atoms in total. The number of nitrogen functional groups attached to an aromatic ring is 1. The highest BCUT2D eigenvalue weighted by Gasteiger charge is 2.54. The molecule has 256 valence electrons. The minimum Gasteiger partial charge on any atom is -0.382 e. The molecule has 0 spiro atoms. The highest BCUT2D eigenvalue weighted by molar-refractivity contribution is 8.07. The van der Waals surface area contributed by atoms with Gasteiger partial charge in [0.15, 0.2) is 36.3 Å². The summed E-state index contributed by atoms with van der Waals surface area (Å²) in [7, 11) is -5.21. The van der Waals surface area contributed by atoms with Crippen LogP contribution in [0.1, 0.15) is 12.5 Å². The van der Waals surface area contributed by atoms with Crippen LogP contribution in [0.5, 0.6) is 0 Å². The minimum absolute atomic E-state index is 0.000182. The number of imidazole rings is 1. The molecule has 2 bridgehead atoms. The second kappa shape index (κ2) is 12.5. The molecule has 6 heterocycles. The van der Waals surface area contributed by atoms with Gasteiger partial charge in [-0.25, -0.2) is 33.1 Å². The number of H-pyrrole nitrogens is 1. The molecule has 48 heavy (non-hydrogen) atoms. The van der Waals surface area contributed by atoms with E-state index >= 15 is 8.78 Å². The summed E-state index contributed by atoms with van der Waals surface area (Å²) in [6.07, 6.45) is -11.3. The van der Waals surface area contributed by atoms with E-state index in [-0.39, 0.29) is 22.5 Å². The first-order chi connectivity index (χ1) is 22.8. The van der Waals surface area contributed by atoms with Crippen LogP contribution >= 0.6 is 14.5 Å². The Hall–Kier alpha value is -3.33. The molecular formula is C25H25F2N7O11P2S. The van der Waals surface area contributed by atoms with Gasteiger partial charge < -0.3 is 29.5 Å². The van der Waals surface area contributed by atoms with E-state index in [2.05, 4.69) is 19.9 Å². The molecular weight excluding hydrogens is 706 g/mol. The highest BCUT2D eigenvalue weighted by atomic mass is 32.5. The van der Waals surface area contributed by atoms with Crippen LogP contribution in [-0.4, -0.2) is 88.8 Å². The molecule has 3 aliphatic rings. The SMILES string of the molecule is Nc1ncnc2c1ncn2[C@@H]1O[C@@H]2COP(O)(=S)O[C@H]3C(F)[C@H](n4cc(-c5ccccc5)c(=O)[nH]c4=O)O[C@@H]3COP(=O)(O)O[C@@H]1[C@@H]2F. The third kappa shape index (κ3) is 6.16. The zero-order valence-corrected chi connectivity index (χ0v) is 26.7. The summed E-state index contributed by atoms with van der Waals surface area (Å²) >= 11 is 5.09. The van der Waals surface area contributed by atoms with Crippen LogP contribution in [0.4, 0.5) is 14.6 Å². The van der Waals surface area contributed by atoms with Crippen molar-refractivity contribution in [2.75, 3.05) is 18.9 Å². The Morgan fingerprint density at radius 1 is 0.938 bits per heavy atom. The molecule has 0 amide bonds. The number of ether oxygens (including phenoxy) is 2. The lowest BCUT2D eigenvalue weighted by Crippen LogP contribution is -2.37. The van der Waals surface area contributed by atoms with Gasteiger partial charge in [-0.15, -0.1) is 0 Å². The molecule has 3 unspecified atom stereocenters. The molecule has 0 radical (unpaired) electrons. The molecule has 23 heteroatoms. The van der Waals surface area contributed by atoms with Gasteiger partial charge in [0.25, 0.3) is 5.56 Å². The Morgan fingerprint density at radius 3 is 2.44 bits per heavy atom. The van der Waals surface area contributed by atoms with Crippen molar-refractivity contribution in [3.05, 3.63) is 70.0 Å². The Labute approximate surface area is 272 Å². The van der Waals surface area contributed by atoms with Crippen molar-refractivity contribution in [1.29, 1.82) is 0 Å². The third-order valence-corrected chi connectivity index (χ3v) is 10.4. The number of hydrogen-bond acceptors (Lipinski definition) is 14. The number of anilines is 1. The van der Waals surface area contributed by atoms with Crippen molar-refractivity contribution in [2.24, 2.45) is 0 Å². The molecule has 4 aromatic rings. The van der Waals surface area contributed by atoms with E-state index in [0.29, 0.717) is 5.56 Å². The van der Waals surface area contributed by atoms with Crippen molar-refractivity contribution in [2.45, 2.75) is 49.2 Å². The molecule has 3 fully saturated rings. The number of rotatable bonds is 3. The largest absolute Gasteiger partial charge is 0.472 e. The van der Waals surface area contributed by atoms with Crippen molar-refractivity contribution in [1.82, 2.24) is 29.1 Å². The number of nitrogens with zero attached hydrogens (tertiary/aromatic N) is 5. The van der Waals surface area contributed by atoms with Crippen LogP contribution in [0.15, 0.2) is 58.8 Å². The molecule has 1 aromatic carbocycles. The lowest BCUT2D eigenvalue weighted by atomic mass is 10.1. The lowest BCUT2D eigenvalue weighted by Gasteiger charge is -2.26. The van der Waals surface area contributed by atoms with Crippen molar-refractivity contribution >= 4 is 43.3 Å². The molecule has 10 atom stereocenters. The Bertz CT molecular complexity index is 2070. The number of aromatic amines is 1. The first-order valence-electron chi connectivity index (χ1n) is 14.1. The van der Waals surface area contributed by atoms with Crippen LogP contribution in [0.3, 0.4) is 0 Å². The van der Waals surface area contributed by atoms with Gasteiger partial charge in [0.2, 0.25) is 0 Å². The number of alkyl halides is 2. The first kappa shape index (κ1) is 33.2. The van der Waals surface area contributed by atoms with Crippen molar-refractivity contribution < 1.29 is 50.7 Å².